The van der Waals surface area contributed by atoms with Crippen LogP contribution in [0, 0.1) is 11.8 Å². The molecule has 0 saturated carbocycles. The van der Waals surface area contributed by atoms with Gasteiger partial charge in [0.1, 0.15) is 37.5 Å². The van der Waals surface area contributed by atoms with Gasteiger partial charge in [-0.05, 0) is 58.1 Å². The Balaban J connectivity index is 0. The minimum Gasteiger partial charge on any atom is -1.00 e. The zero-order valence-corrected chi connectivity index (χ0v) is 26.5. The second-order valence-corrected chi connectivity index (χ2v) is 8.71. The van der Waals surface area contributed by atoms with Crippen molar-refractivity contribution in [2.75, 3.05) is 13.2 Å². The van der Waals surface area contributed by atoms with E-state index < -0.39 is 29.7 Å². The molecule has 0 saturated heterocycles. The Morgan fingerprint density at radius 3 is 1.18 bits per heavy atom. The number of ether oxygens (including phenoxy) is 2. The number of carboxylic acids is 1. The normalized spacial score (nSPS) is 11.1. The van der Waals surface area contributed by atoms with E-state index in [1.165, 1.54) is 20.8 Å². The highest BCUT2D eigenvalue weighted by atomic mass is 127. The molecule has 2 unspecified atom stereocenters. The van der Waals surface area contributed by atoms with Crippen molar-refractivity contribution in [3.8, 4) is 0 Å². The molecule has 2 aromatic heterocycles. The second-order valence-electron chi connectivity index (χ2n) is 8.71. The lowest BCUT2D eigenvalue weighted by molar-refractivity contribution is -0.671. The van der Waals surface area contributed by atoms with Crippen LogP contribution in [0.5, 0.6) is 0 Å². The molecule has 0 aliphatic carbocycles. The fourth-order valence-corrected chi connectivity index (χ4v) is 3.08. The molecule has 0 aromatic carbocycles. The van der Waals surface area contributed by atoms with Crippen molar-refractivity contribution in [2.24, 2.45) is 25.9 Å². The number of halogens is 1. The highest BCUT2D eigenvalue weighted by Crippen LogP contribution is 2.12. The predicted octanol–water partition coefficient (Wildman–Crippen LogP) is -2.21. The van der Waals surface area contributed by atoms with E-state index in [9.17, 15) is 29.1 Å². The largest absolute Gasteiger partial charge is 1.00 e. The van der Waals surface area contributed by atoms with Crippen LogP contribution in [0.2, 0.25) is 0 Å². The Morgan fingerprint density at radius 2 is 0.975 bits per heavy atom. The van der Waals surface area contributed by atoms with E-state index in [4.69, 9.17) is 9.47 Å². The van der Waals surface area contributed by atoms with Gasteiger partial charge in [0.05, 0.1) is 13.2 Å². The molecule has 2 atom stereocenters. The van der Waals surface area contributed by atoms with Crippen molar-refractivity contribution in [1.82, 2.24) is 0 Å². The maximum atomic E-state index is 11.6. The molecule has 2 rings (SSSR count). The molecular formula is C29H41IN2O8. The van der Waals surface area contributed by atoms with E-state index in [1.807, 2.05) is 72.3 Å². The Hall–Kier alpha value is -3.22. The van der Waals surface area contributed by atoms with Gasteiger partial charge in [0.2, 0.25) is 0 Å². The Kier molecular flexibility index (Phi) is 21.0. The first-order valence-corrected chi connectivity index (χ1v) is 12.8. The Bertz CT molecular complexity index is 993. The fraction of sp³-hybridized carbons (Fsp3) is 0.483. The average Bonchev–Trinajstić information content (AvgIpc) is 2.88. The maximum Gasteiger partial charge on any atom is 0.316 e. The van der Waals surface area contributed by atoms with Crippen LogP contribution in [-0.2, 0) is 60.4 Å². The second kappa shape index (κ2) is 21.6. The van der Waals surface area contributed by atoms with E-state index in [1.54, 1.807) is 13.8 Å². The molecule has 0 fully saturated rings. The lowest BCUT2D eigenvalue weighted by Crippen LogP contribution is -3.00. The van der Waals surface area contributed by atoms with Crippen LogP contribution in [0.1, 0.15) is 52.2 Å². The lowest BCUT2D eigenvalue weighted by Gasteiger charge is -2.11. The molecule has 0 amide bonds. The summed E-state index contributed by atoms with van der Waals surface area (Å²) in [5, 5.41) is 9.26. The molecule has 0 aliphatic heterocycles. The van der Waals surface area contributed by atoms with Crippen molar-refractivity contribution >= 4 is 29.5 Å². The van der Waals surface area contributed by atoms with Gasteiger partial charge < -0.3 is 43.4 Å². The van der Waals surface area contributed by atoms with Gasteiger partial charge in [-0.25, -0.2) is 9.13 Å². The van der Waals surface area contributed by atoms with Gasteiger partial charge in [-0.2, -0.15) is 0 Å². The molecule has 0 spiro atoms. The molecule has 0 aliphatic rings. The van der Waals surface area contributed by atoms with Crippen molar-refractivity contribution < 1.29 is 71.7 Å². The summed E-state index contributed by atoms with van der Waals surface area (Å²) in [6.07, 6.45) is 8.45. The maximum absolute atomic E-state index is 11.6. The number of hydrogen-bond donors (Lipinski definition) is 0. The highest BCUT2D eigenvalue weighted by Gasteiger charge is 2.26. The number of nitrogens with zero attached hydrogens (tertiary/aromatic N) is 2. The number of hydrogen-bond acceptors (Lipinski definition) is 8. The van der Waals surface area contributed by atoms with Crippen LogP contribution in [0.25, 0.3) is 0 Å². The number of pyridine rings is 2. The summed E-state index contributed by atoms with van der Waals surface area (Å²) >= 11 is 0. The smallest absolute Gasteiger partial charge is 0.316 e. The molecule has 40 heavy (non-hydrogen) atoms. The Labute approximate surface area is 253 Å². The monoisotopic (exact) mass is 672 g/mol. The topological polar surface area (TPSA) is 135 Å². The van der Waals surface area contributed by atoms with Crippen LogP contribution in [0.4, 0.5) is 0 Å². The zero-order chi connectivity index (χ0) is 30.0. The van der Waals surface area contributed by atoms with Crippen LogP contribution in [0.15, 0.2) is 49.1 Å². The summed E-state index contributed by atoms with van der Waals surface area (Å²) in [6.45, 7) is 8.44. The summed E-state index contributed by atoms with van der Waals surface area (Å²) in [5.41, 5.74) is 1.91. The number of aromatic nitrogens is 2. The van der Waals surface area contributed by atoms with Gasteiger partial charge >= 0.3 is 11.9 Å². The highest BCUT2D eigenvalue weighted by molar-refractivity contribution is 5.98. The zero-order valence-electron chi connectivity index (χ0n) is 24.3. The molecule has 0 N–H and O–H groups in total. The molecule has 0 bridgehead atoms. The van der Waals surface area contributed by atoms with E-state index in [-0.39, 0.29) is 42.0 Å². The third kappa shape index (κ3) is 16.7. The molecular weight excluding hydrogens is 631 g/mol. The van der Waals surface area contributed by atoms with Crippen LogP contribution in [0.3, 0.4) is 0 Å². The third-order valence-corrected chi connectivity index (χ3v) is 5.39. The van der Waals surface area contributed by atoms with Gasteiger partial charge in [-0.15, -0.1) is 0 Å². The SMILES string of the molecule is CCC(=O)[O-].CCOC(=O)C(Cc1cc[n+](C)cc1)C(C)=O.CCOC(=O)C(Cc1cc[n+](C)cc1)C(C)=O.[I-]. The van der Waals surface area contributed by atoms with Gasteiger partial charge in [-0.3, -0.25) is 19.2 Å². The molecule has 2 aromatic rings. The Morgan fingerprint density at radius 1 is 0.700 bits per heavy atom. The minimum absolute atomic E-state index is 0. The summed E-state index contributed by atoms with van der Waals surface area (Å²) in [7, 11) is 3.83. The number of carbonyl (C=O) groups excluding carboxylic acids is 5. The van der Waals surface area contributed by atoms with E-state index in [2.05, 4.69) is 0 Å². The van der Waals surface area contributed by atoms with Crippen molar-refractivity contribution in [3.63, 3.8) is 0 Å². The van der Waals surface area contributed by atoms with Gasteiger partial charge in [-0.1, -0.05) is 6.92 Å². The first-order chi connectivity index (χ1) is 18.4. The van der Waals surface area contributed by atoms with Crippen LogP contribution >= 0.6 is 0 Å². The van der Waals surface area contributed by atoms with Gasteiger partial charge in [0.15, 0.2) is 24.8 Å². The molecule has 2 heterocycles. The molecule has 222 valence electrons. The average molecular weight is 673 g/mol. The number of carbonyl (C=O) groups is 5. The number of Topliss-reactive ketones (excluding diaryl/α,β-unsaturated/α-hetero) is 2. The first-order valence-electron chi connectivity index (χ1n) is 12.8. The summed E-state index contributed by atoms with van der Waals surface area (Å²) < 4.78 is 13.6. The van der Waals surface area contributed by atoms with Crippen molar-refractivity contribution in [2.45, 2.75) is 53.9 Å². The molecule has 0 radical (unpaired) electrons. The predicted molar refractivity (Wildman–Crippen MR) is 140 cm³/mol. The van der Waals surface area contributed by atoms with Crippen LogP contribution in [-0.4, -0.2) is 42.7 Å². The van der Waals surface area contributed by atoms with E-state index >= 15 is 0 Å². The summed E-state index contributed by atoms with van der Waals surface area (Å²) in [5.74, 6) is -3.56. The summed E-state index contributed by atoms with van der Waals surface area (Å²) in [6, 6.07) is 7.59. The minimum atomic E-state index is -0.995. The standard InChI is InChI=1S/2C13H18NO3.C3H6O2.HI/c2*1-4-17-13(16)12(10(2)15)9-11-5-7-14(3)8-6-11;1-2-3(4)5;/h2*5-8,12H,4,9H2,1-3H3;2H2,1H3,(H,4,5);1H/q2*+1;;/p-2. The summed E-state index contributed by atoms with van der Waals surface area (Å²) in [4.78, 5) is 55.3. The molecule has 11 heteroatoms. The number of aliphatic carboxylic acids is 1. The van der Waals surface area contributed by atoms with E-state index in [0.717, 1.165) is 11.1 Å². The number of rotatable bonds is 11. The fourth-order valence-electron chi connectivity index (χ4n) is 3.08. The van der Waals surface area contributed by atoms with E-state index in [0.29, 0.717) is 26.1 Å². The quantitative estimate of drug-likeness (QED) is 0.114. The van der Waals surface area contributed by atoms with Gasteiger partial charge in [0.25, 0.3) is 0 Å². The van der Waals surface area contributed by atoms with Crippen molar-refractivity contribution in [3.05, 3.63) is 60.2 Å². The number of carboxylic acid groups (broad SMARTS) is 1. The number of ketones is 2. The number of esters is 2. The lowest BCUT2D eigenvalue weighted by atomic mass is 9.97. The first kappa shape index (κ1) is 38.9. The third-order valence-electron chi connectivity index (χ3n) is 5.39. The van der Waals surface area contributed by atoms with Crippen molar-refractivity contribution in [1.29, 1.82) is 0 Å². The molecule has 10 nitrogen and oxygen atoms in total. The van der Waals surface area contributed by atoms with Gasteiger partial charge in [0, 0.05) is 30.2 Å². The number of aryl methyl sites for hydroxylation is 2. The van der Waals surface area contributed by atoms with Crippen LogP contribution < -0.4 is 38.2 Å².